The number of urea groups is 1. The SMILES string of the molecule is CCC1(c2ccccc2)NC(=O)N(NC(=O)Cc2ccccc2F)C1=O. The number of hydrogen-bond acceptors (Lipinski definition) is 3. The zero-order valence-electron chi connectivity index (χ0n) is 14.2. The second-order valence-electron chi connectivity index (χ2n) is 6.00. The largest absolute Gasteiger partial charge is 0.344 e. The molecule has 2 aromatic rings. The van der Waals surface area contributed by atoms with E-state index in [1.165, 1.54) is 18.2 Å². The summed E-state index contributed by atoms with van der Waals surface area (Å²) in [4.78, 5) is 37.4. The third-order valence-electron chi connectivity index (χ3n) is 4.43. The maximum Gasteiger partial charge on any atom is 0.344 e. The standard InChI is InChI=1S/C19H18FN3O3/c1-2-19(14-9-4-3-5-10-14)17(25)23(18(26)21-19)22-16(24)12-13-8-6-7-11-15(13)20/h3-11H,2,12H2,1H3,(H,21,26)(H,22,24). The van der Waals surface area contributed by atoms with Crippen LogP contribution in [0.3, 0.4) is 0 Å². The summed E-state index contributed by atoms with van der Waals surface area (Å²) < 4.78 is 13.7. The molecular weight excluding hydrogens is 337 g/mol. The minimum atomic E-state index is -1.23. The number of amides is 4. The van der Waals surface area contributed by atoms with E-state index >= 15 is 0 Å². The summed E-state index contributed by atoms with van der Waals surface area (Å²) in [7, 11) is 0. The van der Waals surface area contributed by atoms with Crippen LogP contribution in [0.25, 0.3) is 0 Å². The first kappa shape index (κ1) is 17.6. The van der Waals surface area contributed by atoms with Crippen LogP contribution in [0.1, 0.15) is 24.5 Å². The minimum Gasteiger partial charge on any atom is -0.318 e. The van der Waals surface area contributed by atoms with Gasteiger partial charge in [-0.3, -0.25) is 15.0 Å². The monoisotopic (exact) mass is 355 g/mol. The average Bonchev–Trinajstić information content (AvgIpc) is 2.89. The number of carbonyl (C=O) groups is 3. The van der Waals surface area contributed by atoms with E-state index in [0.717, 1.165) is 0 Å². The molecule has 1 fully saturated rings. The molecule has 2 N–H and O–H groups in total. The van der Waals surface area contributed by atoms with Crippen LogP contribution in [0.2, 0.25) is 0 Å². The van der Waals surface area contributed by atoms with E-state index in [0.29, 0.717) is 17.0 Å². The molecule has 4 amide bonds. The summed E-state index contributed by atoms with van der Waals surface area (Å²) in [5, 5.41) is 3.33. The number of halogens is 1. The van der Waals surface area contributed by atoms with Crippen molar-refractivity contribution in [3.63, 3.8) is 0 Å². The Morgan fingerprint density at radius 1 is 1.12 bits per heavy atom. The van der Waals surface area contributed by atoms with Crippen molar-refractivity contribution >= 4 is 17.8 Å². The smallest absolute Gasteiger partial charge is 0.318 e. The fraction of sp³-hybridized carbons (Fsp3) is 0.211. The molecule has 1 aliphatic rings. The molecule has 1 aliphatic heterocycles. The van der Waals surface area contributed by atoms with Crippen molar-refractivity contribution in [2.45, 2.75) is 25.3 Å². The van der Waals surface area contributed by atoms with E-state index < -0.39 is 29.2 Å². The van der Waals surface area contributed by atoms with Gasteiger partial charge in [-0.05, 0) is 23.6 Å². The van der Waals surface area contributed by atoms with Gasteiger partial charge >= 0.3 is 6.03 Å². The van der Waals surface area contributed by atoms with Crippen LogP contribution in [-0.2, 0) is 21.5 Å². The van der Waals surface area contributed by atoms with E-state index in [1.54, 1.807) is 37.3 Å². The van der Waals surface area contributed by atoms with Crippen LogP contribution >= 0.6 is 0 Å². The zero-order valence-corrected chi connectivity index (χ0v) is 14.2. The summed E-state index contributed by atoms with van der Waals surface area (Å²) >= 11 is 0. The Bertz CT molecular complexity index is 856. The average molecular weight is 355 g/mol. The van der Waals surface area contributed by atoms with Crippen LogP contribution in [-0.4, -0.2) is 22.9 Å². The fourth-order valence-electron chi connectivity index (χ4n) is 3.02. The van der Waals surface area contributed by atoms with Gasteiger partial charge < -0.3 is 5.32 Å². The van der Waals surface area contributed by atoms with E-state index in [2.05, 4.69) is 10.7 Å². The second kappa shape index (κ2) is 6.95. The van der Waals surface area contributed by atoms with Gasteiger partial charge in [0, 0.05) is 0 Å². The number of imide groups is 1. The third kappa shape index (κ3) is 3.03. The van der Waals surface area contributed by atoms with Crippen LogP contribution in [0.4, 0.5) is 9.18 Å². The van der Waals surface area contributed by atoms with Crippen molar-refractivity contribution in [2.75, 3.05) is 0 Å². The van der Waals surface area contributed by atoms with Crippen molar-refractivity contribution in [3.8, 4) is 0 Å². The number of carbonyl (C=O) groups excluding carboxylic acids is 3. The lowest BCUT2D eigenvalue weighted by atomic mass is 9.87. The molecule has 1 heterocycles. The Hall–Kier alpha value is -3.22. The van der Waals surface area contributed by atoms with Crippen LogP contribution in [0.15, 0.2) is 54.6 Å². The van der Waals surface area contributed by atoms with Gasteiger partial charge in [-0.2, -0.15) is 5.01 Å². The van der Waals surface area contributed by atoms with E-state index in [-0.39, 0.29) is 12.0 Å². The Labute approximate surface area is 150 Å². The first-order valence-corrected chi connectivity index (χ1v) is 8.23. The molecule has 1 saturated heterocycles. The molecule has 1 unspecified atom stereocenters. The second-order valence-corrected chi connectivity index (χ2v) is 6.00. The molecule has 2 aromatic carbocycles. The van der Waals surface area contributed by atoms with E-state index in [9.17, 15) is 18.8 Å². The van der Waals surface area contributed by atoms with Crippen molar-refractivity contribution < 1.29 is 18.8 Å². The Morgan fingerprint density at radius 3 is 2.42 bits per heavy atom. The third-order valence-corrected chi connectivity index (χ3v) is 4.43. The van der Waals surface area contributed by atoms with Crippen LogP contribution < -0.4 is 10.7 Å². The molecule has 134 valence electrons. The lowest BCUT2D eigenvalue weighted by molar-refractivity contribution is -0.139. The summed E-state index contributed by atoms with van der Waals surface area (Å²) in [6.45, 7) is 1.77. The van der Waals surface area contributed by atoms with Gasteiger partial charge in [-0.15, -0.1) is 0 Å². The number of nitrogens with zero attached hydrogens (tertiary/aromatic N) is 1. The predicted molar refractivity (Wildman–Crippen MR) is 92.0 cm³/mol. The van der Waals surface area contributed by atoms with E-state index in [1.807, 2.05) is 6.07 Å². The molecule has 7 heteroatoms. The van der Waals surface area contributed by atoms with Gasteiger partial charge in [-0.1, -0.05) is 55.5 Å². The quantitative estimate of drug-likeness (QED) is 0.808. The molecule has 26 heavy (non-hydrogen) atoms. The van der Waals surface area contributed by atoms with Gasteiger partial charge in [0.15, 0.2) is 0 Å². The number of hydrazine groups is 1. The zero-order chi connectivity index (χ0) is 18.7. The molecule has 0 aliphatic carbocycles. The maximum absolute atomic E-state index is 13.7. The molecule has 0 bridgehead atoms. The van der Waals surface area contributed by atoms with Crippen molar-refractivity contribution in [1.29, 1.82) is 0 Å². The highest BCUT2D eigenvalue weighted by Crippen LogP contribution is 2.31. The van der Waals surface area contributed by atoms with Gasteiger partial charge in [0.05, 0.1) is 6.42 Å². The fourth-order valence-corrected chi connectivity index (χ4v) is 3.02. The molecular formula is C19H18FN3O3. The first-order chi connectivity index (χ1) is 12.5. The van der Waals surface area contributed by atoms with E-state index in [4.69, 9.17) is 0 Å². The number of rotatable bonds is 5. The van der Waals surface area contributed by atoms with Gasteiger partial charge in [-0.25, -0.2) is 9.18 Å². The van der Waals surface area contributed by atoms with Crippen molar-refractivity contribution in [2.24, 2.45) is 0 Å². The lowest BCUT2D eigenvalue weighted by Crippen LogP contribution is -2.49. The number of benzene rings is 2. The predicted octanol–water partition coefficient (Wildman–Crippen LogP) is 2.26. The Morgan fingerprint density at radius 2 is 1.77 bits per heavy atom. The first-order valence-electron chi connectivity index (χ1n) is 8.23. The molecule has 3 rings (SSSR count). The summed E-state index contributed by atoms with van der Waals surface area (Å²) in [6, 6.07) is 14.0. The van der Waals surface area contributed by atoms with Gasteiger partial charge in [0.2, 0.25) is 5.91 Å². The van der Waals surface area contributed by atoms with Crippen LogP contribution in [0, 0.1) is 5.82 Å². The molecule has 0 aromatic heterocycles. The molecule has 0 radical (unpaired) electrons. The normalized spacial score (nSPS) is 19.4. The molecule has 6 nitrogen and oxygen atoms in total. The summed E-state index contributed by atoms with van der Waals surface area (Å²) in [5.74, 6) is -1.75. The molecule has 0 saturated carbocycles. The highest BCUT2D eigenvalue weighted by molar-refractivity contribution is 6.08. The Balaban J connectivity index is 1.79. The Kier molecular flexibility index (Phi) is 4.71. The molecule has 1 atom stereocenters. The minimum absolute atomic E-state index is 0.182. The molecule has 0 spiro atoms. The highest BCUT2D eigenvalue weighted by atomic mass is 19.1. The summed E-state index contributed by atoms with van der Waals surface area (Å²) in [5.41, 5.74) is 1.86. The summed E-state index contributed by atoms with van der Waals surface area (Å²) in [6.07, 6.45) is 0.0372. The van der Waals surface area contributed by atoms with Gasteiger partial charge in [0.1, 0.15) is 11.4 Å². The highest BCUT2D eigenvalue weighted by Gasteiger charge is 2.52. The van der Waals surface area contributed by atoms with Crippen LogP contribution in [0.5, 0.6) is 0 Å². The van der Waals surface area contributed by atoms with Crippen molar-refractivity contribution in [3.05, 3.63) is 71.5 Å². The maximum atomic E-state index is 13.7. The number of hydrogen-bond donors (Lipinski definition) is 2. The van der Waals surface area contributed by atoms with Gasteiger partial charge in [0.25, 0.3) is 5.91 Å². The lowest BCUT2D eigenvalue weighted by Gasteiger charge is -2.25. The topological polar surface area (TPSA) is 78.5 Å². The number of nitrogens with one attached hydrogen (secondary N) is 2. The van der Waals surface area contributed by atoms with Crippen molar-refractivity contribution in [1.82, 2.24) is 15.8 Å².